The van der Waals surface area contributed by atoms with Crippen molar-refractivity contribution in [3.05, 3.63) is 23.8 Å². The summed E-state index contributed by atoms with van der Waals surface area (Å²) >= 11 is 0. The lowest BCUT2D eigenvalue weighted by Crippen LogP contribution is -2.43. The second-order valence-electron chi connectivity index (χ2n) is 7.96. The number of fused-ring (bicyclic) bond motifs is 1. The summed E-state index contributed by atoms with van der Waals surface area (Å²) in [6, 6.07) is 6.36. The number of hydrogen-bond acceptors (Lipinski definition) is 4. The first-order valence-corrected chi connectivity index (χ1v) is 10.1. The number of benzene rings is 1. The number of hydrogen-bond donors (Lipinski definition) is 0. The Labute approximate surface area is 156 Å². The predicted octanol–water partition coefficient (Wildman–Crippen LogP) is 3.24. The summed E-state index contributed by atoms with van der Waals surface area (Å²) < 4.78 is 11.6. The van der Waals surface area contributed by atoms with Gasteiger partial charge in [-0.25, -0.2) is 0 Å². The van der Waals surface area contributed by atoms with E-state index >= 15 is 0 Å². The van der Waals surface area contributed by atoms with Crippen LogP contribution in [0.4, 0.5) is 0 Å². The monoisotopic (exact) mass is 358 g/mol. The van der Waals surface area contributed by atoms with Crippen molar-refractivity contribution < 1.29 is 14.3 Å². The number of nitrogens with zero attached hydrogens (tertiary/aromatic N) is 2. The zero-order valence-corrected chi connectivity index (χ0v) is 15.8. The molecule has 3 aliphatic heterocycles. The normalized spacial score (nSPS) is 24.5. The highest BCUT2D eigenvalue weighted by atomic mass is 16.5. The molecule has 0 unspecified atom stereocenters. The first-order chi connectivity index (χ1) is 12.7. The number of piperidine rings is 1. The van der Waals surface area contributed by atoms with Gasteiger partial charge >= 0.3 is 0 Å². The van der Waals surface area contributed by atoms with Gasteiger partial charge in [-0.1, -0.05) is 13.0 Å². The smallest absolute Gasteiger partial charge is 0.237 e. The van der Waals surface area contributed by atoms with Gasteiger partial charge in [0.2, 0.25) is 5.91 Å². The molecule has 0 aromatic heterocycles. The largest absolute Gasteiger partial charge is 0.490 e. The van der Waals surface area contributed by atoms with Crippen molar-refractivity contribution >= 4 is 5.91 Å². The van der Waals surface area contributed by atoms with Gasteiger partial charge in [-0.2, -0.15) is 0 Å². The van der Waals surface area contributed by atoms with E-state index in [4.69, 9.17) is 9.47 Å². The predicted molar refractivity (Wildman–Crippen MR) is 101 cm³/mol. The Bertz CT molecular complexity index is 640. The summed E-state index contributed by atoms with van der Waals surface area (Å²) in [6.07, 6.45) is 5.43. The SMILES string of the molecule is CC1CCN(CC(=O)N2CCC[C@@H]2c2ccc3c(c2)OCCCO3)CC1. The van der Waals surface area contributed by atoms with E-state index in [0.29, 0.717) is 19.8 Å². The molecule has 1 amide bonds. The standard InChI is InChI=1S/C21H30N2O3/c1-16-7-10-22(11-8-16)15-21(24)23-9-2-4-18(23)17-5-6-19-20(14-17)26-13-3-12-25-19/h5-6,14,16,18H,2-4,7-13,15H2,1H3/t18-/m1/s1. The highest BCUT2D eigenvalue weighted by Gasteiger charge is 2.32. The second kappa shape index (κ2) is 7.87. The van der Waals surface area contributed by atoms with Crippen LogP contribution >= 0.6 is 0 Å². The number of likely N-dealkylation sites (tertiary alicyclic amines) is 2. The van der Waals surface area contributed by atoms with E-state index in [1.807, 2.05) is 6.07 Å². The zero-order chi connectivity index (χ0) is 17.9. The summed E-state index contributed by atoms with van der Waals surface area (Å²) in [5.41, 5.74) is 1.17. The summed E-state index contributed by atoms with van der Waals surface area (Å²) in [7, 11) is 0. The van der Waals surface area contributed by atoms with Gasteiger partial charge in [-0.15, -0.1) is 0 Å². The first-order valence-electron chi connectivity index (χ1n) is 10.1. The molecule has 0 N–H and O–H groups in total. The quantitative estimate of drug-likeness (QED) is 0.832. The minimum atomic E-state index is 0.170. The van der Waals surface area contributed by atoms with Gasteiger partial charge in [0.05, 0.1) is 25.8 Å². The van der Waals surface area contributed by atoms with Gasteiger partial charge in [-0.3, -0.25) is 9.69 Å². The van der Waals surface area contributed by atoms with Crippen molar-refractivity contribution in [1.82, 2.24) is 9.80 Å². The van der Waals surface area contributed by atoms with E-state index in [2.05, 4.69) is 28.9 Å². The molecule has 0 bridgehead atoms. The fourth-order valence-corrected chi connectivity index (χ4v) is 4.30. The third-order valence-corrected chi connectivity index (χ3v) is 5.96. The molecule has 0 radical (unpaired) electrons. The molecule has 3 aliphatic rings. The fourth-order valence-electron chi connectivity index (χ4n) is 4.30. The van der Waals surface area contributed by atoms with E-state index in [-0.39, 0.29) is 11.9 Å². The summed E-state index contributed by atoms with van der Waals surface area (Å²) in [6.45, 7) is 7.23. The van der Waals surface area contributed by atoms with Gasteiger partial charge in [0.25, 0.3) is 0 Å². The maximum Gasteiger partial charge on any atom is 0.237 e. The Morgan fingerprint density at radius 3 is 2.62 bits per heavy atom. The van der Waals surface area contributed by atoms with Crippen LogP contribution in [0.5, 0.6) is 11.5 Å². The maximum absolute atomic E-state index is 13.0. The maximum atomic E-state index is 13.0. The van der Waals surface area contributed by atoms with Crippen LogP contribution in [0.25, 0.3) is 0 Å². The van der Waals surface area contributed by atoms with Crippen molar-refractivity contribution in [3.8, 4) is 11.5 Å². The minimum absolute atomic E-state index is 0.170. The number of ether oxygens (including phenoxy) is 2. The van der Waals surface area contributed by atoms with Crippen LogP contribution in [0.15, 0.2) is 18.2 Å². The molecule has 2 saturated heterocycles. The molecule has 1 aromatic rings. The molecule has 0 aliphatic carbocycles. The van der Waals surface area contributed by atoms with Crippen LogP contribution < -0.4 is 9.47 Å². The van der Waals surface area contributed by atoms with E-state index in [9.17, 15) is 4.79 Å². The molecule has 2 fully saturated rings. The van der Waals surface area contributed by atoms with Crippen LogP contribution in [-0.2, 0) is 4.79 Å². The lowest BCUT2D eigenvalue weighted by molar-refractivity contribution is -0.133. The molecule has 142 valence electrons. The van der Waals surface area contributed by atoms with Gasteiger partial charge in [-0.05, 0) is 62.4 Å². The summed E-state index contributed by atoms with van der Waals surface area (Å²) in [5.74, 6) is 2.71. The number of carbonyl (C=O) groups excluding carboxylic acids is 1. The summed E-state index contributed by atoms with van der Waals surface area (Å²) in [5, 5.41) is 0. The van der Waals surface area contributed by atoms with Crippen molar-refractivity contribution in [2.45, 2.75) is 45.1 Å². The van der Waals surface area contributed by atoms with Crippen molar-refractivity contribution in [1.29, 1.82) is 0 Å². The van der Waals surface area contributed by atoms with E-state index in [0.717, 1.165) is 56.3 Å². The number of rotatable bonds is 3. The van der Waals surface area contributed by atoms with E-state index in [1.54, 1.807) is 0 Å². The van der Waals surface area contributed by atoms with Gasteiger partial charge in [0.15, 0.2) is 11.5 Å². The lowest BCUT2D eigenvalue weighted by Gasteiger charge is -2.32. The van der Waals surface area contributed by atoms with E-state index in [1.165, 1.54) is 18.4 Å². The Hall–Kier alpha value is -1.75. The topological polar surface area (TPSA) is 42.0 Å². The lowest BCUT2D eigenvalue weighted by atomic mass is 9.99. The Kier molecular flexibility index (Phi) is 5.34. The summed E-state index contributed by atoms with van der Waals surface area (Å²) in [4.78, 5) is 17.4. The number of amides is 1. The van der Waals surface area contributed by atoms with Crippen molar-refractivity contribution in [3.63, 3.8) is 0 Å². The molecular formula is C21H30N2O3. The fraction of sp³-hybridized carbons (Fsp3) is 0.667. The molecule has 26 heavy (non-hydrogen) atoms. The molecule has 1 atom stereocenters. The first kappa shape index (κ1) is 17.7. The highest BCUT2D eigenvalue weighted by molar-refractivity contribution is 5.79. The molecule has 1 aromatic carbocycles. The molecule has 3 heterocycles. The third kappa shape index (κ3) is 3.83. The highest BCUT2D eigenvalue weighted by Crippen LogP contribution is 2.38. The van der Waals surface area contributed by atoms with Crippen LogP contribution in [0, 0.1) is 5.92 Å². The zero-order valence-electron chi connectivity index (χ0n) is 15.8. The van der Waals surface area contributed by atoms with E-state index < -0.39 is 0 Å². The van der Waals surface area contributed by atoms with Crippen LogP contribution in [-0.4, -0.2) is 55.1 Å². The molecular weight excluding hydrogens is 328 g/mol. The molecule has 0 spiro atoms. The van der Waals surface area contributed by atoms with Gasteiger partial charge < -0.3 is 14.4 Å². The van der Waals surface area contributed by atoms with Gasteiger partial charge in [0, 0.05) is 13.0 Å². The third-order valence-electron chi connectivity index (χ3n) is 5.96. The average molecular weight is 358 g/mol. The average Bonchev–Trinajstić information content (AvgIpc) is 3.02. The molecule has 5 nitrogen and oxygen atoms in total. The Morgan fingerprint density at radius 2 is 1.81 bits per heavy atom. The van der Waals surface area contributed by atoms with Crippen molar-refractivity contribution in [2.75, 3.05) is 39.4 Å². The second-order valence-corrected chi connectivity index (χ2v) is 7.96. The number of carbonyl (C=O) groups is 1. The van der Waals surface area contributed by atoms with Crippen LogP contribution in [0.1, 0.15) is 50.6 Å². The van der Waals surface area contributed by atoms with Crippen LogP contribution in [0.2, 0.25) is 0 Å². The Morgan fingerprint density at radius 1 is 1.04 bits per heavy atom. The molecule has 4 rings (SSSR count). The molecule has 0 saturated carbocycles. The Balaban J connectivity index is 1.44. The van der Waals surface area contributed by atoms with Crippen molar-refractivity contribution in [2.24, 2.45) is 5.92 Å². The minimum Gasteiger partial charge on any atom is -0.490 e. The van der Waals surface area contributed by atoms with Crippen LogP contribution in [0.3, 0.4) is 0 Å². The molecule has 5 heteroatoms. The van der Waals surface area contributed by atoms with Gasteiger partial charge in [0.1, 0.15) is 0 Å².